The van der Waals surface area contributed by atoms with Crippen LogP contribution in [0.2, 0.25) is 0 Å². The predicted octanol–water partition coefficient (Wildman–Crippen LogP) is 1.56. The van der Waals surface area contributed by atoms with Crippen LogP contribution in [0.1, 0.15) is 17.3 Å². The summed E-state index contributed by atoms with van der Waals surface area (Å²) in [4.78, 5) is 22.7. The summed E-state index contributed by atoms with van der Waals surface area (Å²) in [5, 5.41) is 5.23. The lowest BCUT2D eigenvalue weighted by molar-refractivity contribution is -0.111. The highest BCUT2D eigenvalue weighted by Crippen LogP contribution is 2.09. The van der Waals surface area contributed by atoms with Gasteiger partial charge in [-0.25, -0.2) is 0 Å². The van der Waals surface area contributed by atoms with Gasteiger partial charge in [0.25, 0.3) is 5.91 Å². The van der Waals surface area contributed by atoms with Crippen molar-refractivity contribution in [3.8, 4) is 12.3 Å². The first kappa shape index (κ1) is 13.5. The van der Waals surface area contributed by atoms with Crippen LogP contribution in [0, 0.1) is 12.3 Å². The highest BCUT2D eigenvalue weighted by molar-refractivity contribution is 5.99. The summed E-state index contributed by atoms with van der Waals surface area (Å²) in [6.07, 6.45) is 6.35. The molecule has 0 bridgehead atoms. The fourth-order valence-electron chi connectivity index (χ4n) is 1.22. The number of nitrogens with one attached hydrogen (secondary N) is 2. The molecule has 1 aromatic rings. The van der Waals surface area contributed by atoms with Crippen molar-refractivity contribution >= 4 is 17.5 Å². The van der Waals surface area contributed by atoms with Crippen molar-refractivity contribution in [1.29, 1.82) is 0 Å². The van der Waals surface area contributed by atoms with Crippen LogP contribution >= 0.6 is 0 Å². The molecule has 0 radical (unpaired) electrons. The van der Waals surface area contributed by atoms with Crippen molar-refractivity contribution in [3.05, 3.63) is 42.5 Å². The maximum Gasteiger partial charge on any atom is 0.252 e. The van der Waals surface area contributed by atoms with Crippen LogP contribution in [0.25, 0.3) is 0 Å². The topological polar surface area (TPSA) is 58.2 Å². The average Bonchev–Trinajstić information content (AvgIpc) is 2.39. The van der Waals surface area contributed by atoms with E-state index in [1.165, 1.54) is 6.08 Å². The van der Waals surface area contributed by atoms with Crippen molar-refractivity contribution < 1.29 is 9.59 Å². The number of terminal acetylenes is 1. The lowest BCUT2D eigenvalue weighted by Gasteiger charge is -2.08. The molecule has 0 aliphatic rings. The van der Waals surface area contributed by atoms with Gasteiger partial charge in [-0.15, -0.1) is 6.42 Å². The van der Waals surface area contributed by atoms with E-state index < -0.39 is 0 Å². The Morgan fingerprint density at radius 3 is 2.50 bits per heavy atom. The summed E-state index contributed by atoms with van der Waals surface area (Å²) in [6, 6.07) is 6.17. The van der Waals surface area contributed by atoms with E-state index in [0.29, 0.717) is 11.3 Å². The second-order valence-electron chi connectivity index (χ2n) is 3.63. The molecule has 4 nitrogen and oxygen atoms in total. The van der Waals surface area contributed by atoms with Gasteiger partial charge in [0, 0.05) is 11.3 Å². The predicted molar refractivity (Wildman–Crippen MR) is 71.0 cm³/mol. The third-order valence-corrected chi connectivity index (χ3v) is 2.20. The summed E-state index contributed by atoms with van der Waals surface area (Å²) in [5.41, 5.74) is 1.08. The van der Waals surface area contributed by atoms with Crippen LogP contribution in [0.5, 0.6) is 0 Å². The van der Waals surface area contributed by atoms with Crippen LogP contribution in [-0.4, -0.2) is 17.9 Å². The highest BCUT2D eigenvalue weighted by atomic mass is 16.2. The van der Waals surface area contributed by atoms with Gasteiger partial charge in [0.05, 0.1) is 6.04 Å². The SMILES string of the molecule is C#CC(C)NC(=O)c1ccc(NC(=O)C=C)cc1. The zero-order chi connectivity index (χ0) is 13.5. The Morgan fingerprint density at radius 1 is 1.39 bits per heavy atom. The Bertz CT molecular complexity index is 498. The molecule has 0 fully saturated rings. The third kappa shape index (κ3) is 3.80. The Hall–Kier alpha value is -2.54. The van der Waals surface area contributed by atoms with Crippen molar-refractivity contribution in [3.63, 3.8) is 0 Å². The first-order chi connectivity index (χ1) is 8.56. The Labute approximate surface area is 106 Å². The van der Waals surface area contributed by atoms with Gasteiger partial charge in [0.2, 0.25) is 5.91 Å². The Morgan fingerprint density at radius 2 is 2.00 bits per heavy atom. The zero-order valence-electron chi connectivity index (χ0n) is 10.1. The molecule has 18 heavy (non-hydrogen) atoms. The van der Waals surface area contributed by atoms with Crippen LogP contribution in [0.3, 0.4) is 0 Å². The Kier molecular flexibility index (Phi) is 4.70. The maximum absolute atomic E-state index is 11.7. The summed E-state index contributed by atoms with van der Waals surface area (Å²) >= 11 is 0. The smallest absolute Gasteiger partial charge is 0.252 e. The number of carbonyl (C=O) groups excluding carboxylic acids is 2. The van der Waals surface area contributed by atoms with Crippen LogP contribution < -0.4 is 10.6 Å². The summed E-state index contributed by atoms with van der Waals surface area (Å²) in [6.45, 7) is 5.07. The molecule has 92 valence electrons. The second-order valence-corrected chi connectivity index (χ2v) is 3.63. The summed E-state index contributed by atoms with van der Waals surface area (Å²) in [7, 11) is 0. The van der Waals surface area contributed by atoms with E-state index >= 15 is 0 Å². The molecule has 0 spiro atoms. The lowest BCUT2D eigenvalue weighted by atomic mass is 10.2. The number of hydrogen-bond donors (Lipinski definition) is 2. The molecule has 0 aliphatic heterocycles. The highest BCUT2D eigenvalue weighted by Gasteiger charge is 2.07. The minimum atomic E-state index is -0.322. The van der Waals surface area contributed by atoms with Gasteiger partial charge in [0.15, 0.2) is 0 Å². The number of rotatable bonds is 4. The van der Waals surface area contributed by atoms with Crippen molar-refractivity contribution in [2.45, 2.75) is 13.0 Å². The van der Waals surface area contributed by atoms with E-state index in [1.807, 2.05) is 0 Å². The fraction of sp³-hybridized carbons (Fsp3) is 0.143. The van der Waals surface area contributed by atoms with E-state index in [2.05, 4.69) is 23.1 Å². The Balaban J connectivity index is 2.71. The largest absolute Gasteiger partial charge is 0.339 e. The van der Waals surface area contributed by atoms with Gasteiger partial charge in [-0.2, -0.15) is 0 Å². The number of benzene rings is 1. The quantitative estimate of drug-likeness (QED) is 0.622. The van der Waals surface area contributed by atoms with Crippen molar-refractivity contribution in [2.24, 2.45) is 0 Å². The van der Waals surface area contributed by atoms with Crippen molar-refractivity contribution in [1.82, 2.24) is 5.32 Å². The molecular weight excluding hydrogens is 228 g/mol. The average molecular weight is 242 g/mol. The normalized spacial score (nSPS) is 10.9. The van der Waals surface area contributed by atoms with E-state index in [0.717, 1.165) is 0 Å². The second kappa shape index (κ2) is 6.26. The number of amides is 2. The molecule has 2 N–H and O–H groups in total. The van der Waals surface area contributed by atoms with E-state index in [1.54, 1.807) is 31.2 Å². The van der Waals surface area contributed by atoms with Crippen molar-refractivity contribution in [2.75, 3.05) is 5.32 Å². The third-order valence-electron chi connectivity index (χ3n) is 2.20. The minimum Gasteiger partial charge on any atom is -0.339 e. The monoisotopic (exact) mass is 242 g/mol. The number of hydrogen-bond acceptors (Lipinski definition) is 2. The van der Waals surface area contributed by atoms with Gasteiger partial charge in [-0.05, 0) is 37.3 Å². The molecule has 0 heterocycles. The number of anilines is 1. The van der Waals surface area contributed by atoms with E-state index in [9.17, 15) is 9.59 Å². The molecule has 1 unspecified atom stereocenters. The molecule has 1 rings (SSSR count). The van der Waals surface area contributed by atoms with Gasteiger partial charge < -0.3 is 10.6 Å². The van der Waals surface area contributed by atoms with Gasteiger partial charge in [-0.1, -0.05) is 12.5 Å². The molecule has 0 saturated heterocycles. The van der Waals surface area contributed by atoms with Crippen LogP contribution in [0.4, 0.5) is 5.69 Å². The van der Waals surface area contributed by atoms with Crippen LogP contribution in [-0.2, 0) is 4.79 Å². The molecule has 0 saturated carbocycles. The zero-order valence-corrected chi connectivity index (χ0v) is 10.1. The first-order valence-electron chi connectivity index (χ1n) is 5.37. The van der Waals surface area contributed by atoms with Crippen LogP contribution in [0.15, 0.2) is 36.9 Å². The van der Waals surface area contributed by atoms with Gasteiger partial charge >= 0.3 is 0 Å². The molecule has 2 amide bonds. The van der Waals surface area contributed by atoms with Gasteiger partial charge in [-0.3, -0.25) is 9.59 Å². The molecule has 4 heteroatoms. The molecule has 1 aromatic carbocycles. The summed E-state index contributed by atoms with van der Waals surface area (Å²) < 4.78 is 0. The first-order valence-corrected chi connectivity index (χ1v) is 5.37. The maximum atomic E-state index is 11.7. The molecule has 1 atom stereocenters. The summed E-state index contributed by atoms with van der Waals surface area (Å²) in [5.74, 6) is 1.86. The molecule has 0 aromatic heterocycles. The van der Waals surface area contributed by atoms with E-state index in [-0.39, 0.29) is 17.9 Å². The lowest BCUT2D eigenvalue weighted by Crippen LogP contribution is -2.31. The standard InChI is InChI=1S/C14H14N2O2/c1-4-10(3)15-14(18)11-6-8-12(9-7-11)16-13(17)5-2/h1,5-10H,2H2,3H3,(H,15,18)(H,16,17). The molecule has 0 aliphatic carbocycles. The fourth-order valence-corrected chi connectivity index (χ4v) is 1.22. The number of carbonyl (C=O) groups is 2. The van der Waals surface area contributed by atoms with Gasteiger partial charge in [0.1, 0.15) is 0 Å². The minimum absolute atomic E-state index is 0.248. The van der Waals surface area contributed by atoms with E-state index in [4.69, 9.17) is 6.42 Å². The molecular formula is C14H14N2O2.